The van der Waals surface area contributed by atoms with E-state index in [2.05, 4.69) is 9.62 Å². The molecular formula is C13H18ClFN2O3S. The van der Waals surface area contributed by atoms with Gasteiger partial charge in [0.15, 0.2) is 0 Å². The fourth-order valence-corrected chi connectivity index (χ4v) is 3.57. The van der Waals surface area contributed by atoms with Gasteiger partial charge in [0, 0.05) is 18.7 Å². The summed E-state index contributed by atoms with van der Waals surface area (Å²) in [6.45, 7) is 2.33. The van der Waals surface area contributed by atoms with Gasteiger partial charge < -0.3 is 10.0 Å². The Kier molecular flexibility index (Phi) is 5.56. The summed E-state index contributed by atoms with van der Waals surface area (Å²) in [5.41, 5.74) is 0.0524. The Balaban J connectivity index is 2.06. The van der Waals surface area contributed by atoms with Gasteiger partial charge in [-0.15, -0.1) is 0 Å². The van der Waals surface area contributed by atoms with Crippen LogP contribution in [0.5, 0.6) is 0 Å². The second-order valence-corrected chi connectivity index (χ2v) is 7.13. The van der Waals surface area contributed by atoms with Gasteiger partial charge in [-0.2, -0.15) is 0 Å². The molecule has 1 aliphatic heterocycles. The molecule has 1 fully saturated rings. The molecule has 0 aromatic heterocycles. The van der Waals surface area contributed by atoms with Crippen LogP contribution in [0, 0.1) is 5.82 Å². The first-order chi connectivity index (χ1) is 9.94. The highest BCUT2D eigenvalue weighted by molar-refractivity contribution is 7.89. The molecular weight excluding hydrogens is 319 g/mol. The van der Waals surface area contributed by atoms with E-state index in [-0.39, 0.29) is 22.0 Å². The van der Waals surface area contributed by atoms with E-state index in [1.165, 1.54) is 6.07 Å². The molecule has 0 aliphatic carbocycles. The van der Waals surface area contributed by atoms with E-state index in [4.69, 9.17) is 16.7 Å². The summed E-state index contributed by atoms with van der Waals surface area (Å²) in [5.74, 6) is -0.858. The Labute approximate surface area is 128 Å². The fraction of sp³-hybridized carbons (Fsp3) is 0.538. The van der Waals surface area contributed by atoms with Crippen LogP contribution in [0.15, 0.2) is 17.0 Å². The van der Waals surface area contributed by atoms with Crippen LogP contribution in [0.25, 0.3) is 0 Å². The first-order valence-corrected chi connectivity index (χ1v) is 8.61. The maximum Gasteiger partial charge on any atom is 0.240 e. The fourth-order valence-electron chi connectivity index (χ4n) is 2.32. The predicted octanol–water partition coefficient (Wildman–Crippen LogP) is 1.35. The van der Waals surface area contributed by atoms with E-state index in [9.17, 15) is 12.8 Å². The molecule has 1 aromatic rings. The monoisotopic (exact) mass is 336 g/mol. The number of aliphatic hydroxyl groups excluding tert-OH is 1. The molecule has 21 heavy (non-hydrogen) atoms. The van der Waals surface area contributed by atoms with Gasteiger partial charge in [-0.05, 0) is 38.1 Å². The molecule has 0 unspecified atom stereocenters. The maximum absolute atomic E-state index is 13.6. The van der Waals surface area contributed by atoms with Gasteiger partial charge in [0.05, 0.1) is 16.5 Å². The zero-order valence-electron chi connectivity index (χ0n) is 11.5. The van der Waals surface area contributed by atoms with Crippen molar-refractivity contribution < 1.29 is 17.9 Å². The Morgan fingerprint density at radius 2 is 2.00 bits per heavy atom. The summed E-state index contributed by atoms with van der Waals surface area (Å²) in [6.07, 6.45) is 2.27. The van der Waals surface area contributed by atoms with Crippen molar-refractivity contribution in [3.8, 4) is 0 Å². The minimum absolute atomic E-state index is 0.0524. The second-order valence-electron chi connectivity index (χ2n) is 4.98. The van der Waals surface area contributed by atoms with Crippen molar-refractivity contribution in [3.63, 3.8) is 0 Å². The summed E-state index contributed by atoms with van der Waals surface area (Å²) in [4.78, 5) is 1.94. The van der Waals surface area contributed by atoms with E-state index in [0.29, 0.717) is 6.54 Å². The quantitative estimate of drug-likeness (QED) is 0.822. The number of sulfonamides is 1. The van der Waals surface area contributed by atoms with Crippen LogP contribution in [0.4, 0.5) is 4.39 Å². The number of benzene rings is 1. The molecule has 0 saturated carbocycles. The highest BCUT2D eigenvalue weighted by atomic mass is 35.5. The normalized spacial score (nSPS) is 16.5. The predicted molar refractivity (Wildman–Crippen MR) is 78.2 cm³/mol. The van der Waals surface area contributed by atoms with Crippen molar-refractivity contribution in [1.29, 1.82) is 0 Å². The van der Waals surface area contributed by atoms with Crippen molar-refractivity contribution in [2.45, 2.75) is 24.3 Å². The lowest BCUT2D eigenvalue weighted by molar-refractivity contribution is 0.281. The van der Waals surface area contributed by atoms with E-state index < -0.39 is 22.4 Å². The number of rotatable bonds is 6. The number of halogens is 2. The minimum Gasteiger partial charge on any atom is -0.392 e. The van der Waals surface area contributed by atoms with Crippen molar-refractivity contribution >= 4 is 21.6 Å². The van der Waals surface area contributed by atoms with Crippen molar-refractivity contribution in [2.75, 3.05) is 26.2 Å². The van der Waals surface area contributed by atoms with E-state index in [1.54, 1.807) is 0 Å². The first kappa shape index (κ1) is 16.6. The van der Waals surface area contributed by atoms with Crippen molar-refractivity contribution in [1.82, 2.24) is 9.62 Å². The number of hydrogen-bond donors (Lipinski definition) is 2. The third-order valence-corrected chi connectivity index (χ3v) is 5.34. The van der Waals surface area contributed by atoms with Gasteiger partial charge in [0.2, 0.25) is 10.0 Å². The number of nitrogens with one attached hydrogen (secondary N) is 1. The summed E-state index contributed by atoms with van der Waals surface area (Å²) in [6, 6.07) is 2.04. The zero-order valence-corrected chi connectivity index (χ0v) is 13.1. The van der Waals surface area contributed by atoms with Crippen LogP contribution < -0.4 is 4.72 Å². The molecule has 1 saturated heterocycles. The summed E-state index contributed by atoms with van der Waals surface area (Å²) in [5, 5.41) is 8.82. The lowest BCUT2D eigenvalue weighted by Crippen LogP contribution is -2.33. The molecule has 1 aromatic carbocycles. The van der Waals surface area contributed by atoms with Gasteiger partial charge >= 0.3 is 0 Å². The molecule has 0 atom stereocenters. The molecule has 0 spiro atoms. The third kappa shape index (κ3) is 4.14. The average Bonchev–Trinajstić information content (AvgIpc) is 2.94. The topological polar surface area (TPSA) is 69.6 Å². The minimum atomic E-state index is -3.81. The Morgan fingerprint density at radius 1 is 1.33 bits per heavy atom. The molecule has 1 heterocycles. The molecule has 0 bridgehead atoms. The third-order valence-electron chi connectivity index (χ3n) is 3.48. The van der Waals surface area contributed by atoms with Gasteiger partial charge in [0.1, 0.15) is 5.82 Å². The van der Waals surface area contributed by atoms with Crippen LogP contribution in [-0.4, -0.2) is 44.6 Å². The number of aliphatic hydroxyl groups is 1. The standard InChI is InChI=1S/C13H18ClFN2O3S/c14-13-10(9-18)7-11(8-12(13)15)21(19,20)16-3-6-17-4-1-2-5-17/h7-8,16,18H,1-6,9H2. The maximum atomic E-state index is 13.6. The van der Waals surface area contributed by atoms with E-state index in [1.807, 2.05) is 0 Å². The van der Waals surface area contributed by atoms with E-state index in [0.717, 1.165) is 32.0 Å². The SMILES string of the molecule is O=S(=O)(NCCN1CCCC1)c1cc(F)c(Cl)c(CO)c1. The van der Waals surface area contributed by atoms with Crippen LogP contribution in [0.3, 0.4) is 0 Å². The molecule has 1 aliphatic rings. The summed E-state index contributed by atoms with van der Waals surface area (Å²) in [7, 11) is -3.81. The Hall–Kier alpha value is -0.730. The average molecular weight is 337 g/mol. The molecule has 5 nitrogen and oxygen atoms in total. The van der Waals surface area contributed by atoms with Crippen LogP contribution in [0.2, 0.25) is 5.02 Å². The first-order valence-electron chi connectivity index (χ1n) is 6.75. The van der Waals surface area contributed by atoms with Crippen molar-refractivity contribution in [2.24, 2.45) is 0 Å². The van der Waals surface area contributed by atoms with Gasteiger partial charge in [0.25, 0.3) is 0 Å². The summed E-state index contributed by atoms with van der Waals surface area (Å²) < 4.78 is 40.3. The largest absolute Gasteiger partial charge is 0.392 e. The van der Waals surface area contributed by atoms with Crippen LogP contribution in [0.1, 0.15) is 18.4 Å². The molecule has 2 N–H and O–H groups in total. The van der Waals surface area contributed by atoms with Crippen LogP contribution >= 0.6 is 11.6 Å². The Morgan fingerprint density at radius 3 is 2.62 bits per heavy atom. The van der Waals surface area contributed by atoms with Gasteiger partial charge in [-0.1, -0.05) is 11.6 Å². The second kappa shape index (κ2) is 7.02. The number of likely N-dealkylation sites (tertiary alicyclic amines) is 1. The molecule has 2 rings (SSSR count). The smallest absolute Gasteiger partial charge is 0.240 e. The number of nitrogens with zero attached hydrogens (tertiary/aromatic N) is 1. The summed E-state index contributed by atoms with van der Waals surface area (Å²) >= 11 is 5.65. The molecule has 8 heteroatoms. The van der Waals surface area contributed by atoms with E-state index >= 15 is 0 Å². The van der Waals surface area contributed by atoms with Crippen molar-refractivity contribution in [3.05, 3.63) is 28.5 Å². The highest BCUT2D eigenvalue weighted by Gasteiger charge is 2.19. The Bertz CT molecular complexity index is 604. The van der Waals surface area contributed by atoms with Gasteiger partial charge in [-0.25, -0.2) is 17.5 Å². The zero-order chi connectivity index (χ0) is 15.5. The lowest BCUT2D eigenvalue weighted by atomic mass is 10.2. The number of hydrogen-bond acceptors (Lipinski definition) is 4. The molecule has 0 radical (unpaired) electrons. The highest BCUT2D eigenvalue weighted by Crippen LogP contribution is 2.24. The van der Waals surface area contributed by atoms with Crippen LogP contribution in [-0.2, 0) is 16.6 Å². The lowest BCUT2D eigenvalue weighted by Gasteiger charge is -2.15. The molecule has 0 amide bonds. The molecule has 118 valence electrons. The van der Waals surface area contributed by atoms with Gasteiger partial charge in [-0.3, -0.25) is 0 Å².